The van der Waals surface area contributed by atoms with E-state index >= 15 is 0 Å². The first-order valence-corrected chi connectivity index (χ1v) is 22.3. The lowest BCUT2D eigenvalue weighted by molar-refractivity contribution is -0.180. The highest BCUT2D eigenvalue weighted by Crippen LogP contribution is 2.50. The molecular weight excluding hydrogens is 706 g/mol. The van der Waals surface area contributed by atoms with Gasteiger partial charge in [-0.2, -0.15) is 0 Å². The number of rotatable bonds is 4. The molecule has 3 fully saturated rings. The van der Waals surface area contributed by atoms with E-state index in [0.717, 1.165) is 107 Å². The molecule has 1 unspecified atom stereocenters. The van der Waals surface area contributed by atoms with Crippen LogP contribution in [0, 0.1) is 17.8 Å². The third-order valence-electron chi connectivity index (χ3n) is 14.0. The average Bonchev–Trinajstić information content (AvgIpc) is 3.25. The predicted molar refractivity (Wildman–Crippen MR) is 215 cm³/mol. The van der Waals surface area contributed by atoms with Gasteiger partial charge in [0.25, 0.3) is 5.91 Å². The van der Waals surface area contributed by atoms with Gasteiger partial charge in [-0.15, -0.1) is 0 Å². The maximum absolute atomic E-state index is 14.1. The molecule has 53 heavy (non-hydrogen) atoms. The van der Waals surface area contributed by atoms with Crippen LogP contribution in [0.15, 0.2) is 48.6 Å². The molecule has 8 rings (SSSR count). The smallest absolute Gasteiger partial charge is 0.262 e. The van der Waals surface area contributed by atoms with Gasteiger partial charge in [0.2, 0.25) is 0 Å². The number of anilines is 1. The maximum atomic E-state index is 14.1. The molecule has 1 N–H and O–H groups in total. The van der Waals surface area contributed by atoms with E-state index in [0.29, 0.717) is 30.6 Å². The molecule has 1 saturated carbocycles. The lowest BCUT2D eigenvalue weighted by atomic mass is 9.63. The molecule has 8 nitrogen and oxygen atoms in total. The van der Waals surface area contributed by atoms with Gasteiger partial charge in [-0.3, -0.25) is 14.4 Å². The number of amides is 1. The second-order valence-electron chi connectivity index (χ2n) is 17.2. The van der Waals surface area contributed by atoms with Crippen molar-refractivity contribution in [2.45, 2.75) is 100 Å². The number of piperidine rings is 1. The molecule has 2 spiro atoms. The molecule has 288 valence electrons. The summed E-state index contributed by atoms with van der Waals surface area (Å²) in [7, 11) is -2.96. The number of nitrogens with one attached hydrogen (secondary N) is 1. The molecule has 10 heteroatoms. The van der Waals surface area contributed by atoms with Crippen molar-refractivity contribution in [2.75, 3.05) is 57.4 Å². The third-order valence-corrected chi connectivity index (χ3v) is 16.4. The van der Waals surface area contributed by atoms with Crippen molar-refractivity contribution < 1.29 is 23.2 Å². The maximum Gasteiger partial charge on any atom is 0.262 e. The molecule has 4 heterocycles. The minimum absolute atomic E-state index is 0.0342. The summed E-state index contributed by atoms with van der Waals surface area (Å²) >= 11 is 6.53. The summed E-state index contributed by atoms with van der Waals surface area (Å²) in [4.78, 5) is 19.0. The summed E-state index contributed by atoms with van der Waals surface area (Å²) in [6, 6.07) is 12.1. The summed E-state index contributed by atoms with van der Waals surface area (Å²) in [6.45, 7) is 12.7. The number of hydrogen-bond acceptors (Lipinski definition) is 7. The van der Waals surface area contributed by atoms with Crippen molar-refractivity contribution in [1.82, 2.24) is 9.62 Å². The second-order valence-corrected chi connectivity index (χ2v) is 20.0. The molecule has 1 amide bonds. The number of likely N-dealkylation sites (tertiary alicyclic amines) is 1. The molecule has 7 atom stereocenters. The number of allylic oxidation sites excluding steroid dienone is 1. The fourth-order valence-corrected chi connectivity index (χ4v) is 12.0. The molecule has 2 bridgehead atoms. The van der Waals surface area contributed by atoms with Crippen molar-refractivity contribution in [3.05, 3.63) is 70.3 Å². The SMILES string of the molecule is C=S1(=O)NC(=O)c2ccc3c(c2)N(C[C@@H]2CC[C@H]2[C@](CN2CCC4(CCO4)CC2)(OCC)/C=C/C[C@H](C)[C@H]1C)C[C@@]1(CCCc2cc(Cl)ccc21)CO3. The van der Waals surface area contributed by atoms with Gasteiger partial charge in [-0.25, -0.2) is 4.21 Å². The lowest BCUT2D eigenvalue weighted by Crippen LogP contribution is -2.60. The molecule has 6 aliphatic rings. The largest absolute Gasteiger partial charge is 0.490 e. The van der Waals surface area contributed by atoms with E-state index in [2.05, 4.69) is 58.5 Å². The van der Waals surface area contributed by atoms with Crippen LogP contribution in [0.2, 0.25) is 5.02 Å². The first-order valence-electron chi connectivity index (χ1n) is 20.1. The number of aryl methyl sites for hydroxylation is 1. The van der Waals surface area contributed by atoms with Crippen molar-refractivity contribution in [3.63, 3.8) is 0 Å². The minimum Gasteiger partial charge on any atom is -0.490 e. The van der Waals surface area contributed by atoms with Crippen LogP contribution in [0.25, 0.3) is 0 Å². The van der Waals surface area contributed by atoms with Gasteiger partial charge in [0.1, 0.15) is 11.4 Å². The Hall–Kier alpha value is -2.56. The Morgan fingerprint density at radius 2 is 1.91 bits per heavy atom. The molecule has 2 aliphatic carbocycles. The zero-order valence-electron chi connectivity index (χ0n) is 31.9. The number of hydrogen-bond donors (Lipinski definition) is 1. The van der Waals surface area contributed by atoms with E-state index in [1.165, 1.54) is 17.5 Å². The van der Waals surface area contributed by atoms with Crippen LogP contribution in [0.1, 0.15) is 93.6 Å². The molecule has 4 aliphatic heterocycles. The van der Waals surface area contributed by atoms with Gasteiger partial charge >= 0.3 is 0 Å². The van der Waals surface area contributed by atoms with Crippen molar-refractivity contribution in [2.24, 2.45) is 17.8 Å². The fourth-order valence-electron chi connectivity index (χ4n) is 10.3. The number of carbonyl (C=O) groups is 1. The summed E-state index contributed by atoms with van der Waals surface area (Å²) in [5, 5.41) is 0.440. The van der Waals surface area contributed by atoms with Gasteiger partial charge in [-0.1, -0.05) is 36.7 Å². The van der Waals surface area contributed by atoms with E-state index in [1.54, 1.807) is 6.07 Å². The van der Waals surface area contributed by atoms with E-state index < -0.39 is 15.3 Å². The van der Waals surface area contributed by atoms with Crippen LogP contribution in [-0.4, -0.2) is 89.9 Å². The number of nitrogens with zero attached hydrogens (tertiary/aromatic N) is 2. The standard InChI is InChI=1S/C43H58ClN3O5S/c1-5-51-43(28-46-21-18-42(19-22-46)20-23-52-42)17-6-8-30(2)31(3)53(4,49)45-40(48)33-11-15-39-38(25-33)47(26-34-10-13-37(34)43)27-41(29-50-39)16-7-9-32-24-35(44)12-14-36(32)41/h6,11-12,14-15,17,24-25,30-31,34,37H,4-5,7-10,13,16,18-23,26-29H2,1-3H3,(H,45,48,49)/b17-6+/t30-,31+,34-,37+,41-,43-,53?/m0/s1. The summed E-state index contributed by atoms with van der Waals surface area (Å²) in [5.41, 5.74) is 3.43. The predicted octanol–water partition coefficient (Wildman–Crippen LogP) is 7.22. The Kier molecular flexibility index (Phi) is 10.2. The zero-order chi connectivity index (χ0) is 37.0. The van der Waals surface area contributed by atoms with Crippen molar-refractivity contribution in [3.8, 4) is 5.75 Å². The third kappa shape index (κ3) is 7.07. The molecule has 0 aromatic heterocycles. The molecular formula is C43H58ClN3O5S. The van der Waals surface area contributed by atoms with Crippen LogP contribution < -0.4 is 14.4 Å². The number of ether oxygens (including phenoxy) is 3. The average molecular weight is 764 g/mol. The van der Waals surface area contributed by atoms with Crippen molar-refractivity contribution >= 4 is 38.8 Å². The Labute approximate surface area is 322 Å². The molecule has 2 saturated heterocycles. The zero-order valence-corrected chi connectivity index (χ0v) is 33.5. The van der Waals surface area contributed by atoms with Crippen LogP contribution in [0.5, 0.6) is 5.75 Å². The number of carbonyl (C=O) groups excluding carboxylic acids is 1. The van der Waals surface area contributed by atoms with Crippen LogP contribution in [0.4, 0.5) is 5.69 Å². The number of benzene rings is 2. The summed E-state index contributed by atoms with van der Waals surface area (Å²) < 4.78 is 36.8. The Bertz CT molecular complexity index is 1840. The Morgan fingerprint density at radius 1 is 1.09 bits per heavy atom. The van der Waals surface area contributed by atoms with Gasteiger partial charge in [0.15, 0.2) is 0 Å². The van der Waals surface area contributed by atoms with E-state index in [-0.39, 0.29) is 28.1 Å². The molecule has 2 aromatic rings. The van der Waals surface area contributed by atoms with E-state index in [9.17, 15) is 9.00 Å². The Balaban J connectivity index is 1.19. The van der Waals surface area contributed by atoms with Crippen LogP contribution >= 0.6 is 11.6 Å². The first-order chi connectivity index (χ1) is 25.4. The van der Waals surface area contributed by atoms with E-state index in [4.69, 9.17) is 25.8 Å². The van der Waals surface area contributed by atoms with Gasteiger partial charge in [0, 0.05) is 60.6 Å². The normalized spacial score (nSPS) is 36.2. The molecule has 2 aromatic carbocycles. The highest BCUT2D eigenvalue weighted by Gasteiger charge is 2.51. The lowest BCUT2D eigenvalue weighted by Gasteiger charge is -2.54. The first kappa shape index (κ1) is 37.4. The van der Waals surface area contributed by atoms with Crippen LogP contribution in [-0.2, 0) is 31.0 Å². The van der Waals surface area contributed by atoms with Crippen molar-refractivity contribution in [1.29, 1.82) is 0 Å². The van der Waals surface area contributed by atoms with Gasteiger partial charge in [-0.05, 0) is 137 Å². The molecule has 0 radical (unpaired) electrons. The quantitative estimate of drug-likeness (QED) is 0.261. The highest BCUT2D eigenvalue weighted by molar-refractivity contribution is 7.99. The van der Waals surface area contributed by atoms with E-state index in [1.807, 2.05) is 25.1 Å². The number of fused-ring (bicyclic) bond motifs is 4. The second kappa shape index (κ2) is 14.5. The van der Waals surface area contributed by atoms with Crippen LogP contribution in [0.3, 0.4) is 0 Å². The number of halogens is 1. The minimum atomic E-state index is -2.96. The monoisotopic (exact) mass is 763 g/mol. The fraction of sp³-hybridized carbons (Fsp3) is 0.628. The summed E-state index contributed by atoms with van der Waals surface area (Å²) in [6.07, 6.45) is 14.0. The summed E-state index contributed by atoms with van der Waals surface area (Å²) in [5.74, 6) is 5.25. The topological polar surface area (TPSA) is 80.3 Å². The Morgan fingerprint density at radius 3 is 2.62 bits per heavy atom. The highest BCUT2D eigenvalue weighted by atomic mass is 35.5. The van der Waals surface area contributed by atoms with Gasteiger partial charge in [0.05, 0.1) is 34.2 Å². The van der Waals surface area contributed by atoms with Gasteiger partial charge < -0.3 is 19.1 Å².